The molecular formula is C24H26N4O3. The Labute approximate surface area is 180 Å². The van der Waals surface area contributed by atoms with Crippen LogP contribution in [0.25, 0.3) is 11.0 Å². The third-order valence-electron chi connectivity index (χ3n) is 5.43. The molecule has 7 heteroatoms. The number of aromatic nitrogens is 2. The minimum atomic E-state index is -0.336. The van der Waals surface area contributed by atoms with Crippen LogP contribution in [-0.2, 0) is 29.0 Å². The number of nitrogens with one attached hydrogen (secondary N) is 2. The number of carbonyl (C=O) groups excluding carboxylic acids is 2. The fourth-order valence-corrected chi connectivity index (χ4v) is 3.61. The average molecular weight is 418 g/mol. The van der Waals surface area contributed by atoms with Crippen LogP contribution in [0.1, 0.15) is 37.4 Å². The lowest BCUT2D eigenvalue weighted by molar-refractivity contribution is -0.121. The number of benzene rings is 2. The number of hydrogen-bond acceptors (Lipinski definition) is 4. The SMILES string of the molecule is CCc1ccccc1NC(=O)Cn1c(=O)c(CCC(=O)NC2CC2)nc2ccccc21. The Bertz CT molecular complexity index is 1180. The minimum absolute atomic E-state index is 0.0719. The van der Waals surface area contributed by atoms with Gasteiger partial charge in [0.25, 0.3) is 5.56 Å². The van der Waals surface area contributed by atoms with Crippen molar-refractivity contribution in [1.29, 1.82) is 0 Å². The molecule has 1 heterocycles. The van der Waals surface area contributed by atoms with Crippen LogP contribution in [0, 0.1) is 0 Å². The highest BCUT2D eigenvalue weighted by Crippen LogP contribution is 2.19. The van der Waals surface area contributed by atoms with Crippen LogP contribution in [0.4, 0.5) is 5.69 Å². The topological polar surface area (TPSA) is 93.1 Å². The molecule has 2 amide bonds. The Morgan fingerprint density at radius 2 is 1.81 bits per heavy atom. The largest absolute Gasteiger partial charge is 0.353 e. The van der Waals surface area contributed by atoms with Crippen molar-refractivity contribution in [3.63, 3.8) is 0 Å². The molecule has 0 unspecified atom stereocenters. The van der Waals surface area contributed by atoms with Crippen molar-refractivity contribution in [2.75, 3.05) is 5.32 Å². The molecule has 2 N–H and O–H groups in total. The van der Waals surface area contributed by atoms with Gasteiger partial charge in [-0.25, -0.2) is 4.98 Å². The van der Waals surface area contributed by atoms with Crippen LogP contribution < -0.4 is 16.2 Å². The summed E-state index contributed by atoms with van der Waals surface area (Å²) >= 11 is 0. The zero-order valence-corrected chi connectivity index (χ0v) is 17.6. The van der Waals surface area contributed by atoms with Crippen LogP contribution >= 0.6 is 0 Å². The molecule has 1 aliphatic carbocycles. The number of fused-ring (bicyclic) bond motifs is 1. The minimum Gasteiger partial charge on any atom is -0.353 e. The van der Waals surface area contributed by atoms with Crippen LogP contribution in [0.15, 0.2) is 53.3 Å². The van der Waals surface area contributed by atoms with Crippen molar-refractivity contribution in [3.8, 4) is 0 Å². The standard InChI is InChI=1S/C24H26N4O3/c1-2-16-7-3-4-8-18(16)27-23(30)15-28-21-10-6-5-9-19(21)26-20(24(28)31)13-14-22(29)25-17-11-12-17/h3-10,17H,2,11-15H2,1H3,(H,25,29)(H,27,30). The van der Waals surface area contributed by atoms with E-state index in [2.05, 4.69) is 15.6 Å². The molecule has 7 nitrogen and oxygen atoms in total. The van der Waals surface area contributed by atoms with E-state index in [1.54, 1.807) is 6.07 Å². The van der Waals surface area contributed by atoms with E-state index in [-0.39, 0.29) is 42.8 Å². The van der Waals surface area contributed by atoms with Gasteiger partial charge in [0.1, 0.15) is 12.2 Å². The van der Waals surface area contributed by atoms with Crippen molar-refractivity contribution in [2.24, 2.45) is 0 Å². The number of hydrogen-bond donors (Lipinski definition) is 2. The zero-order chi connectivity index (χ0) is 21.8. The van der Waals surface area contributed by atoms with Gasteiger partial charge in [0, 0.05) is 24.6 Å². The molecule has 31 heavy (non-hydrogen) atoms. The quantitative estimate of drug-likeness (QED) is 0.588. The summed E-state index contributed by atoms with van der Waals surface area (Å²) in [5.41, 5.74) is 2.96. The van der Waals surface area contributed by atoms with Gasteiger partial charge in [0.05, 0.1) is 11.0 Å². The third-order valence-corrected chi connectivity index (χ3v) is 5.43. The number of amides is 2. The second kappa shape index (κ2) is 9.12. The van der Waals surface area contributed by atoms with Gasteiger partial charge < -0.3 is 10.6 Å². The molecule has 4 rings (SSSR count). The molecule has 1 aliphatic rings. The summed E-state index contributed by atoms with van der Waals surface area (Å²) in [4.78, 5) is 42.5. The monoisotopic (exact) mass is 418 g/mol. The first-order chi connectivity index (χ1) is 15.0. The molecule has 0 spiro atoms. The van der Waals surface area contributed by atoms with Crippen molar-refractivity contribution in [2.45, 2.75) is 51.6 Å². The predicted octanol–water partition coefficient (Wildman–Crippen LogP) is 2.81. The summed E-state index contributed by atoms with van der Waals surface area (Å²) in [5, 5.41) is 5.84. The summed E-state index contributed by atoms with van der Waals surface area (Å²) in [5.74, 6) is -0.353. The summed E-state index contributed by atoms with van der Waals surface area (Å²) in [6.07, 6.45) is 3.27. The molecule has 1 saturated carbocycles. The summed E-state index contributed by atoms with van der Waals surface area (Å²) < 4.78 is 1.44. The molecule has 1 fully saturated rings. The number of rotatable bonds is 8. The Kier molecular flexibility index (Phi) is 6.11. The maximum absolute atomic E-state index is 13.1. The Hall–Kier alpha value is -3.48. The Balaban J connectivity index is 1.58. The van der Waals surface area contributed by atoms with E-state index in [9.17, 15) is 14.4 Å². The Morgan fingerprint density at radius 3 is 2.58 bits per heavy atom. The molecule has 3 aromatic rings. The van der Waals surface area contributed by atoms with E-state index in [1.165, 1.54) is 4.57 Å². The van der Waals surface area contributed by atoms with Gasteiger partial charge in [-0.15, -0.1) is 0 Å². The lowest BCUT2D eigenvalue weighted by Crippen LogP contribution is -2.32. The highest BCUT2D eigenvalue weighted by Gasteiger charge is 2.23. The number of anilines is 1. The summed E-state index contributed by atoms with van der Waals surface area (Å²) in [6, 6.07) is 15.1. The molecule has 0 aliphatic heterocycles. The number of para-hydroxylation sites is 3. The van der Waals surface area contributed by atoms with Crippen LogP contribution in [0.3, 0.4) is 0 Å². The Morgan fingerprint density at radius 1 is 1.06 bits per heavy atom. The van der Waals surface area contributed by atoms with Gasteiger partial charge in [-0.2, -0.15) is 0 Å². The first-order valence-corrected chi connectivity index (χ1v) is 10.7. The summed E-state index contributed by atoms with van der Waals surface area (Å²) in [7, 11) is 0. The number of nitrogens with zero attached hydrogens (tertiary/aromatic N) is 2. The third kappa shape index (κ3) is 4.99. The maximum atomic E-state index is 13.1. The molecule has 0 atom stereocenters. The van der Waals surface area contributed by atoms with E-state index >= 15 is 0 Å². The zero-order valence-electron chi connectivity index (χ0n) is 17.6. The van der Waals surface area contributed by atoms with E-state index in [1.807, 2.05) is 49.4 Å². The normalized spacial score (nSPS) is 13.2. The smallest absolute Gasteiger partial charge is 0.273 e. The van der Waals surface area contributed by atoms with Crippen molar-refractivity contribution >= 4 is 28.5 Å². The van der Waals surface area contributed by atoms with Gasteiger partial charge in [0.2, 0.25) is 11.8 Å². The van der Waals surface area contributed by atoms with Gasteiger partial charge in [-0.3, -0.25) is 19.0 Å². The molecule has 0 radical (unpaired) electrons. The maximum Gasteiger partial charge on any atom is 0.273 e. The number of aryl methyl sites for hydroxylation is 2. The van der Waals surface area contributed by atoms with Gasteiger partial charge in [-0.1, -0.05) is 37.3 Å². The fourth-order valence-electron chi connectivity index (χ4n) is 3.61. The van der Waals surface area contributed by atoms with Gasteiger partial charge >= 0.3 is 0 Å². The second-order valence-electron chi connectivity index (χ2n) is 7.84. The van der Waals surface area contributed by atoms with E-state index in [4.69, 9.17) is 0 Å². The van der Waals surface area contributed by atoms with Crippen LogP contribution in [0.2, 0.25) is 0 Å². The molecule has 1 aromatic heterocycles. The summed E-state index contributed by atoms with van der Waals surface area (Å²) in [6.45, 7) is 1.90. The van der Waals surface area contributed by atoms with Gasteiger partial charge in [-0.05, 0) is 43.0 Å². The lowest BCUT2D eigenvalue weighted by atomic mass is 10.1. The predicted molar refractivity (Wildman–Crippen MR) is 120 cm³/mol. The second-order valence-corrected chi connectivity index (χ2v) is 7.84. The lowest BCUT2D eigenvalue weighted by Gasteiger charge is -2.14. The molecule has 2 aromatic carbocycles. The van der Waals surface area contributed by atoms with Crippen molar-refractivity contribution in [3.05, 3.63) is 70.1 Å². The molecular weight excluding hydrogens is 392 g/mol. The first kappa shape index (κ1) is 20.8. The fraction of sp³-hybridized carbons (Fsp3) is 0.333. The number of carbonyl (C=O) groups is 2. The molecule has 0 bridgehead atoms. The van der Waals surface area contributed by atoms with Crippen molar-refractivity contribution in [1.82, 2.24) is 14.9 Å². The highest BCUT2D eigenvalue weighted by molar-refractivity contribution is 5.92. The van der Waals surface area contributed by atoms with Gasteiger partial charge in [0.15, 0.2) is 0 Å². The van der Waals surface area contributed by atoms with E-state index < -0.39 is 0 Å². The molecule has 0 saturated heterocycles. The highest BCUT2D eigenvalue weighted by atomic mass is 16.2. The van der Waals surface area contributed by atoms with Crippen LogP contribution in [0.5, 0.6) is 0 Å². The van der Waals surface area contributed by atoms with E-state index in [0.717, 1.165) is 30.5 Å². The van der Waals surface area contributed by atoms with Crippen molar-refractivity contribution < 1.29 is 9.59 Å². The van der Waals surface area contributed by atoms with Crippen LogP contribution in [-0.4, -0.2) is 27.4 Å². The van der Waals surface area contributed by atoms with E-state index in [0.29, 0.717) is 16.7 Å². The first-order valence-electron chi connectivity index (χ1n) is 10.7. The molecule has 160 valence electrons. The average Bonchev–Trinajstić information content (AvgIpc) is 3.59.